The molecule has 2 aromatic carbocycles. The van der Waals surface area contributed by atoms with Gasteiger partial charge in [0.05, 0.1) is 0 Å². The topological polar surface area (TPSA) is 38.8 Å². The van der Waals surface area contributed by atoms with Crippen molar-refractivity contribution in [2.24, 2.45) is 0 Å². The lowest BCUT2D eigenvalue weighted by Gasteiger charge is -2.38. The Kier molecular flexibility index (Phi) is 6.80. The number of piperidine rings is 1. The molecule has 0 unspecified atom stereocenters. The zero-order valence-electron chi connectivity index (χ0n) is 17.7. The molecule has 0 aliphatic carbocycles. The predicted octanol–water partition coefficient (Wildman–Crippen LogP) is 4.14. The highest BCUT2D eigenvalue weighted by atomic mass is 35.5. The first kappa shape index (κ1) is 21.0. The van der Waals surface area contributed by atoms with Gasteiger partial charge in [-0.15, -0.1) is 0 Å². The van der Waals surface area contributed by atoms with Gasteiger partial charge in [-0.25, -0.2) is 4.79 Å². The highest BCUT2D eigenvalue weighted by Gasteiger charge is 2.25. The third-order valence-electron chi connectivity index (χ3n) is 6.31. The number of hydrogen-bond acceptors (Lipinski definition) is 3. The van der Waals surface area contributed by atoms with Crippen LogP contribution in [0.1, 0.15) is 24.0 Å². The molecule has 2 aromatic rings. The Labute approximate surface area is 184 Å². The Morgan fingerprint density at radius 1 is 1.00 bits per heavy atom. The molecule has 160 valence electrons. The summed E-state index contributed by atoms with van der Waals surface area (Å²) in [6, 6.07) is 16.9. The van der Waals surface area contributed by atoms with E-state index in [1.165, 1.54) is 11.1 Å². The van der Waals surface area contributed by atoms with Crippen LogP contribution in [0.4, 0.5) is 10.5 Å². The van der Waals surface area contributed by atoms with Gasteiger partial charge in [0.15, 0.2) is 0 Å². The van der Waals surface area contributed by atoms with E-state index in [4.69, 9.17) is 11.6 Å². The number of piperazine rings is 1. The summed E-state index contributed by atoms with van der Waals surface area (Å²) < 4.78 is 0. The number of urea groups is 1. The van der Waals surface area contributed by atoms with Crippen LogP contribution in [-0.2, 0) is 6.54 Å². The van der Waals surface area contributed by atoms with E-state index in [9.17, 15) is 4.79 Å². The summed E-state index contributed by atoms with van der Waals surface area (Å²) in [5.74, 6) is 0. The summed E-state index contributed by atoms with van der Waals surface area (Å²) in [5.41, 5.74) is 3.88. The molecule has 6 heteroatoms. The zero-order valence-corrected chi connectivity index (χ0v) is 18.4. The fraction of sp³-hybridized carbons (Fsp3) is 0.458. The SMILES string of the molecule is Cc1ccccc1CN1CCC(NC(=O)N2CCN(c3cccc(Cl)c3)CC2)CC1. The number of anilines is 1. The summed E-state index contributed by atoms with van der Waals surface area (Å²) in [4.78, 5) is 19.5. The Morgan fingerprint density at radius 2 is 1.73 bits per heavy atom. The van der Waals surface area contributed by atoms with Crippen molar-refractivity contribution >= 4 is 23.3 Å². The van der Waals surface area contributed by atoms with Crippen molar-refractivity contribution in [3.8, 4) is 0 Å². The van der Waals surface area contributed by atoms with Gasteiger partial charge in [0.2, 0.25) is 0 Å². The van der Waals surface area contributed by atoms with Gasteiger partial charge < -0.3 is 15.1 Å². The largest absolute Gasteiger partial charge is 0.368 e. The van der Waals surface area contributed by atoms with Crippen molar-refractivity contribution in [3.63, 3.8) is 0 Å². The van der Waals surface area contributed by atoms with Crippen molar-refractivity contribution in [1.29, 1.82) is 0 Å². The number of rotatable bonds is 4. The average Bonchev–Trinajstić information content (AvgIpc) is 2.77. The smallest absolute Gasteiger partial charge is 0.317 e. The minimum atomic E-state index is 0.0816. The summed E-state index contributed by atoms with van der Waals surface area (Å²) in [5, 5.41) is 4.02. The van der Waals surface area contributed by atoms with Crippen LogP contribution in [0.2, 0.25) is 5.02 Å². The lowest BCUT2D eigenvalue weighted by Crippen LogP contribution is -2.54. The van der Waals surface area contributed by atoms with Gasteiger partial charge in [-0.1, -0.05) is 41.9 Å². The maximum Gasteiger partial charge on any atom is 0.317 e. The monoisotopic (exact) mass is 426 g/mol. The molecule has 0 spiro atoms. The number of nitrogens with zero attached hydrogens (tertiary/aromatic N) is 3. The molecule has 2 amide bonds. The molecule has 0 radical (unpaired) electrons. The minimum absolute atomic E-state index is 0.0816. The van der Waals surface area contributed by atoms with Gasteiger partial charge in [-0.2, -0.15) is 0 Å². The van der Waals surface area contributed by atoms with E-state index in [0.29, 0.717) is 0 Å². The normalized spacial score (nSPS) is 18.5. The third kappa shape index (κ3) is 5.27. The number of nitrogens with one attached hydrogen (secondary N) is 1. The van der Waals surface area contributed by atoms with Gasteiger partial charge in [-0.3, -0.25) is 4.90 Å². The molecule has 5 nitrogen and oxygen atoms in total. The first-order chi connectivity index (χ1) is 14.6. The summed E-state index contributed by atoms with van der Waals surface area (Å²) in [6.45, 7) is 8.39. The van der Waals surface area contributed by atoms with Crippen LogP contribution in [0.5, 0.6) is 0 Å². The van der Waals surface area contributed by atoms with Crippen LogP contribution in [0.15, 0.2) is 48.5 Å². The van der Waals surface area contributed by atoms with Crippen molar-refractivity contribution < 1.29 is 4.79 Å². The predicted molar refractivity (Wildman–Crippen MR) is 123 cm³/mol. The van der Waals surface area contributed by atoms with E-state index in [-0.39, 0.29) is 12.1 Å². The second-order valence-electron chi connectivity index (χ2n) is 8.38. The lowest BCUT2D eigenvalue weighted by atomic mass is 10.0. The fourth-order valence-corrected chi connectivity index (χ4v) is 4.55. The van der Waals surface area contributed by atoms with Crippen molar-refractivity contribution in [3.05, 3.63) is 64.7 Å². The van der Waals surface area contributed by atoms with Crippen molar-refractivity contribution in [2.75, 3.05) is 44.2 Å². The quantitative estimate of drug-likeness (QED) is 0.798. The van der Waals surface area contributed by atoms with Crippen LogP contribution in [0.3, 0.4) is 0 Å². The molecule has 2 aliphatic heterocycles. The van der Waals surface area contributed by atoms with Gasteiger partial charge in [-0.05, 0) is 49.1 Å². The number of benzene rings is 2. The molecule has 2 heterocycles. The van der Waals surface area contributed by atoms with Crippen LogP contribution in [-0.4, -0.2) is 61.1 Å². The Bertz CT molecular complexity index is 858. The molecule has 0 atom stereocenters. The highest BCUT2D eigenvalue weighted by Crippen LogP contribution is 2.21. The molecule has 0 saturated carbocycles. The average molecular weight is 427 g/mol. The summed E-state index contributed by atoms with van der Waals surface area (Å²) in [7, 11) is 0. The number of halogens is 1. The Hall–Kier alpha value is -2.24. The zero-order chi connectivity index (χ0) is 20.9. The second-order valence-corrected chi connectivity index (χ2v) is 8.82. The first-order valence-electron chi connectivity index (χ1n) is 10.9. The van der Waals surface area contributed by atoms with Crippen LogP contribution in [0.25, 0.3) is 0 Å². The van der Waals surface area contributed by atoms with E-state index in [0.717, 1.165) is 69.4 Å². The standard InChI is InChI=1S/C24H31ClN4O/c1-19-5-2-3-6-20(19)18-27-11-9-22(10-12-27)26-24(30)29-15-13-28(14-16-29)23-8-4-7-21(25)17-23/h2-8,17,22H,9-16,18H2,1H3,(H,26,30). The third-order valence-corrected chi connectivity index (χ3v) is 6.55. The van der Waals surface area contributed by atoms with Crippen molar-refractivity contribution in [2.45, 2.75) is 32.4 Å². The van der Waals surface area contributed by atoms with Crippen LogP contribution >= 0.6 is 11.6 Å². The second kappa shape index (κ2) is 9.71. The molecule has 1 N–H and O–H groups in total. The van der Waals surface area contributed by atoms with Crippen molar-refractivity contribution in [1.82, 2.24) is 15.1 Å². The molecule has 30 heavy (non-hydrogen) atoms. The molecule has 2 fully saturated rings. The number of aryl methyl sites for hydroxylation is 1. The molecule has 2 aliphatic rings. The molecule has 0 bridgehead atoms. The van der Waals surface area contributed by atoms with Gasteiger partial charge in [0, 0.05) is 62.6 Å². The molecular formula is C24H31ClN4O. The molecular weight excluding hydrogens is 396 g/mol. The molecule has 2 saturated heterocycles. The van der Waals surface area contributed by atoms with Gasteiger partial charge in [0.25, 0.3) is 0 Å². The minimum Gasteiger partial charge on any atom is -0.368 e. The molecule has 4 rings (SSSR count). The fourth-order valence-electron chi connectivity index (χ4n) is 4.37. The maximum atomic E-state index is 12.7. The lowest BCUT2D eigenvalue weighted by molar-refractivity contribution is 0.167. The van der Waals surface area contributed by atoms with Crippen LogP contribution < -0.4 is 10.2 Å². The Morgan fingerprint density at radius 3 is 2.43 bits per heavy atom. The van der Waals surface area contributed by atoms with E-state index < -0.39 is 0 Å². The Balaban J connectivity index is 1.20. The highest BCUT2D eigenvalue weighted by molar-refractivity contribution is 6.30. The number of amides is 2. The number of carbonyl (C=O) groups excluding carboxylic acids is 1. The van der Waals surface area contributed by atoms with Gasteiger partial charge >= 0.3 is 6.03 Å². The molecule has 0 aromatic heterocycles. The van der Waals surface area contributed by atoms with E-state index in [1.54, 1.807) is 0 Å². The number of carbonyl (C=O) groups is 1. The number of hydrogen-bond donors (Lipinski definition) is 1. The maximum absolute atomic E-state index is 12.7. The van der Waals surface area contributed by atoms with E-state index in [2.05, 4.69) is 52.4 Å². The first-order valence-corrected chi connectivity index (χ1v) is 11.3. The number of likely N-dealkylation sites (tertiary alicyclic amines) is 1. The summed E-state index contributed by atoms with van der Waals surface area (Å²) >= 11 is 6.11. The van der Waals surface area contributed by atoms with Gasteiger partial charge in [0.1, 0.15) is 0 Å². The van der Waals surface area contributed by atoms with Crippen LogP contribution in [0, 0.1) is 6.92 Å². The van der Waals surface area contributed by atoms with E-state index in [1.807, 2.05) is 23.1 Å². The van der Waals surface area contributed by atoms with E-state index >= 15 is 0 Å². The summed E-state index contributed by atoms with van der Waals surface area (Å²) in [6.07, 6.45) is 2.03.